The zero-order chi connectivity index (χ0) is 17.3. The third kappa shape index (κ3) is 4.38. The first-order chi connectivity index (χ1) is 11.4. The van der Waals surface area contributed by atoms with Gasteiger partial charge >= 0.3 is 0 Å². The van der Waals surface area contributed by atoms with Crippen molar-refractivity contribution in [1.82, 2.24) is 10.2 Å². The SMILES string of the molecule is COc1ccc2cc(CN(C)C(=O)C3CC(F)(F)CN3)ccc2c1.Cl. The van der Waals surface area contributed by atoms with Crippen LogP contribution in [-0.4, -0.2) is 43.5 Å². The summed E-state index contributed by atoms with van der Waals surface area (Å²) in [6.07, 6.45) is -0.437. The van der Waals surface area contributed by atoms with E-state index in [-0.39, 0.29) is 18.3 Å². The second-order valence-electron chi connectivity index (χ2n) is 6.24. The van der Waals surface area contributed by atoms with Crippen LogP contribution in [0.1, 0.15) is 12.0 Å². The Kier molecular flexibility index (Phi) is 5.85. The molecular weight excluding hydrogens is 350 g/mol. The third-order valence-corrected chi connectivity index (χ3v) is 4.32. The molecule has 0 spiro atoms. The van der Waals surface area contributed by atoms with Crippen molar-refractivity contribution in [2.24, 2.45) is 0 Å². The van der Waals surface area contributed by atoms with Crippen LogP contribution in [0.15, 0.2) is 36.4 Å². The van der Waals surface area contributed by atoms with Gasteiger partial charge in [-0.05, 0) is 34.5 Å². The highest BCUT2D eigenvalue weighted by Gasteiger charge is 2.43. The molecule has 1 saturated heterocycles. The van der Waals surface area contributed by atoms with E-state index in [4.69, 9.17) is 4.74 Å². The molecule has 2 aromatic rings. The number of rotatable bonds is 4. The second kappa shape index (κ2) is 7.54. The number of carbonyl (C=O) groups excluding carboxylic acids is 1. The Morgan fingerprint density at radius 2 is 1.96 bits per heavy atom. The largest absolute Gasteiger partial charge is 0.497 e. The van der Waals surface area contributed by atoms with Gasteiger partial charge in [0.15, 0.2) is 0 Å². The van der Waals surface area contributed by atoms with Crippen LogP contribution in [0, 0.1) is 0 Å². The standard InChI is InChI=1S/C18H20F2N2O2.ClH/c1-22(17(23)16-9-18(19,20)11-21-16)10-12-3-4-14-8-15(24-2)6-5-13(14)7-12;/h3-8,16,21H,9-11H2,1-2H3;1H. The lowest BCUT2D eigenvalue weighted by Gasteiger charge is -2.21. The molecule has 1 aliphatic rings. The van der Waals surface area contributed by atoms with Gasteiger partial charge in [-0.1, -0.05) is 18.2 Å². The molecule has 0 aromatic heterocycles. The number of methoxy groups -OCH3 is 1. The Balaban J connectivity index is 0.00000225. The van der Waals surface area contributed by atoms with Crippen LogP contribution in [0.5, 0.6) is 5.75 Å². The minimum Gasteiger partial charge on any atom is -0.497 e. The van der Waals surface area contributed by atoms with Crippen molar-refractivity contribution in [3.05, 3.63) is 42.0 Å². The summed E-state index contributed by atoms with van der Waals surface area (Å²) in [6.45, 7) is -0.0559. The van der Waals surface area contributed by atoms with Crippen molar-refractivity contribution in [2.45, 2.75) is 24.9 Å². The number of hydrogen-bond acceptors (Lipinski definition) is 3. The van der Waals surface area contributed by atoms with Gasteiger partial charge in [-0.3, -0.25) is 10.1 Å². The molecular formula is C18H21ClF2N2O2. The molecule has 3 rings (SSSR count). The van der Waals surface area contributed by atoms with Gasteiger partial charge in [-0.2, -0.15) is 0 Å². The number of likely N-dealkylation sites (N-methyl/N-ethyl adjacent to an activating group) is 1. The number of fused-ring (bicyclic) bond motifs is 1. The second-order valence-corrected chi connectivity index (χ2v) is 6.24. The number of amides is 1. The molecule has 4 nitrogen and oxygen atoms in total. The summed E-state index contributed by atoms with van der Waals surface area (Å²) in [5, 5.41) is 4.69. The predicted octanol–water partition coefficient (Wildman–Crippen LogP) is 3.23. The lowest BCUT2D eigenvalue weighted by atomic mass is 10.1. The number of alkyl halides is 2. The van der Waals surface area contributed by atoms with E-state index in [1.807, 2.05) is 36.4 Å². The summed E-state index contributed by atoms with van der Waals surface area (Å²) >= 11 is 0. The van der Waals surface area contributed by atoms with E-state index in [9.17, 15) is 13.6 Å². The molecule has 1 unspecified atom stereocenters. The molecule has 1 heterocycles. The quantitative estimate of drug-likeness (QED) is 0.898. The topological polar surface area (TPSA) is 41.6 Å². The van der Waals surface area contributed by atoms with E-state index in [1.54, 1.807) is 14.2 Å². The van der Waals surface area contributed by atoms with Gasteiger partial charge in [0.2, 0.25) is 5.91 Å². The molecule has 1 N–H and O–H groups in total. The summed E-state index contributed by atoms with van der Waals surface area (Å²) in [4.78, 5) is 13.8. The molecule has 1 fully saturated rings. The zero-order valence-electron chi connectivity index (χ0n) is 14.1. The van der Waals surface area contributed by atoms with Crippen LogP contribution in [0.3, 0.4) is 0 Å². The first kappa shape index (κ1) is 19.4. The van der Waals surface area contributed by atoms with Crippen molar-refractivity contribution in [1.29, 1.82) is 0 Å². The Morgan fingerprint density at radius 1 is 1.28 bits per heavy atom. The number of hydrogen-bond donors (Lipinski definition) is 1. The molecule has 1 amide bonds. The van der Waals surface area contributed by atoms with Gasteiger partial charge in [0.05, 0.1) is 19.7 Å². The predicted molar refractivity (Wildman–Crippen MR) is 95.6 cm³/mol. The highest BCUT2D eigenvalue weighted by molar-refractivity contribution is 5.86. The first-order valence-electron chi connectivity index (χ1n) is 7.81. The number of benzene rings is 2. The Bertz CT molecular complexity index is 770. The highest BCUT2D eigenvalue weighted by atomic mass is 35.5. The average Bonchev–Trinajstić information content (AvgIpc) is 2.93. The fraction of sp³-hybridized carbons (Fsp3) is 0.389. The van der Waals surface area contributed by atoms with Gasteiger partial charge < -0.3 is 9.64 Å². The minimum atomic E-state index is -2.80. The lowest BCUT2D eigenvalue weighted by Crippen LogP contribution is -2.41. The van der Waals surface area contributed by atoms with Crippen molar-refractivity contribution < 1.29 is 18.3 Å². The smallest absolute Gasteiger partial charge is 0.262 e. The van der Waals surface area contributed by atoms with E-state index >= 15 is 0 Å². The summed E-state index contributed by atoms with van der Waals surface area (Å²) in [5.74, 6) is -2.32. The van der Waals surface area contributed by atoms with E-state index in [0.717, 1.165) is 22.1 Å². The molecule has 136 valence electrons. The minimum absolute atomic E-state index is 0. The molecule has 1 atom stereocenters. The van der Waals surface area contributed by atoms with Crippen molar-refractivity contribution in [2.75, 3.05) is 20.7 Å². The fourth-order valence-corrected chi connectivity index (χ4v) is 3.01. The average molecular weight is 371 g/mol. The van der Waals surface area contributed by atoms with Gasteiger partial charge in [0.25, 0.3) is 5.92 Å². The fourth-order valence-electron chi connectivity index (χ4n) is 3.01. The zero-order valence-corrected chi connectivity index (χ0v) is 14.9. The van der Waals surface area contributed by atoms with Crippen molar-refractivity contribution in [3.63, 3.8) is 0 Å². The van der Waals surface area contributed by atoms with Crippen LogP contribution >= 0.6 is 12.4 Å². The molecule has 0 bridgehead atoms. The Morgan fingerprint density at radius 3 is 2.60 bits per heavy atom. The van der Waals surface area contributed by atoms with Crippen LogP contribution < -0.4 is 10.1 Å². The normalized spacial score (nSPS) is 18.6. The highest BCUT2D eigenvalue weighted by Crippen LogP contribution is 2.26. The summed E-state index contributed by atoms with van der Waals surface area (Å²) in [6, 6.07) is 10.9. The summed E-state index contributed by atoms with van der Waals surface area (Å²) in [5.41, 5.74) is 0.952. The van der Waals surface area contributed by atoms with E-state index < -0.39 is 24.9 Å². The molecule has 0 saturated carbocycles. The van der Waals surface area contributed by atoms with Crippen molar-refractivity contribution >= 4 is 29.1 Å². The van der Waals surface area contributed by atoms with Crippen LogP contribution in [0.4, 0.5) is 8.78 Å². The summed E-state index contributed by atoms with van der Waals surface area (Å²) < 4.78 is 31.7. The summed E-state index contributed by atoms with van der Waals surface area (Å²) in [7, 11) is 3.26. The molecule has 2 aromatic carbocycles. The monoisotopic (exact) mass is 370 g/mol. The van der Waals surface area contributed by atoms with Gasteiger partial charge in [-0.15, -0.1) is 12.4 Å². The maximum atomic E-state index is 13.2. The lowest BCUT2D eigenvalue weighted by molar-refractivity contribution is -0.132. The Hall–Kier alpha value is -1.92. The third-order valence-electron chi connectivity index (χ3n) is 4.32. The number of carbonyl (C=O) groups is 1. The van der Waals surface area contributed by atoms with Crippen molar-refractivity contribution in [3.8, 4) is 5.75 Å². The van der Waals surface area contributed by atoms with Gasteiger partial charge in [0, 0.05) is 20.0 Å². The maximum absolute atomic E-state index is 13.2. The molecule has 7 heteroatoms. The van der Waals surface area contributed by atoms with Crippen LogP contribution in [0.25, 0.3) is 10.8 Å². The molecule has 0 radical (unpaired) electrons. The molecule has 25 heavy (non-hydrogen) atoms. The van der Waals surface area contributed by atoms with E-state index in [2.05, 4.69) is 5.32 Å². The van der Waals surface area contributed by atoms with Crippen LogP contribution in [-0.2, 0) is 11.3 Å². The number of nitrogens with zero attached hydrogens (tertiary/aromatic N) is 1. The first-order valence-corrected chi connectivity index (χ1v) is 7.81. The van der Waals surface area contributed by atoms with Crippen LogP contribution in [0.2, 0.25) is 0 Å². The maximum Gasteiger partial charge on any atom is 0.262 e. The molecule has 0 aliphatic carbocycles. The van der Waals surface area contributed by atoms with E-state index in [1.165, 1.54) is 4.90 Å². The van der Waals surface area contributed by atoms with Gasteiger partial charge in [0.1, 0.15) is 5.75 Å². The number of nitrogens with one attached hydrogen (secondary N) is 1. The number of halogens is 3. The van der Waals surface area contributed by atoms with E-state index in [0.29, 0.717) is 6.54 Å². The Labute approximate surface area is 151 Å². The van der Waals surface area contributed by atoms with Gasteiger partial charge in [-0.25, -0.2) is 8.78 Å². The molecule has 1 aliphatic heterocycles. The number of ether oxygens (including phenoxy) is 1.